The van der Waals surface area contributed by atoms with Gasteiger partial charge in [-0.2, -0.15) is 0 Å². The number of ether oxygens (including phenoxy) is 4. The van der Waals surface area contributed by atoms with Gasteiger partial charge in [0.15, 0.2) is 0 Å². The summed E-state index contributed by atoms with van der Waals surface area (Å²) in [5.41, 5.74) is -0.0159. The van der Waals surface area contributed by atoms with Crippen LogP contribution in [0.3, 0.4) is 0 Å². The van der Waals surface area contributed by atoms with Gasteiger partial charge in [-0.1, -0.05) is 90.7 Å². The zero-order valence-electron chi connectivity index (χ0n) is 30.4. The van der Waals surface area contributed by atoms with E-state index in [-0.39, 0.29) is 56.5 Å². The predicted molar refractivity (Wildman–Crippen MR) is 200 cm³/mol. The number of cyclic esters (lactones) is 1. The number of carbonyl (C=O) groups is 4. The summed E-state index contributed by atoms with van der Waals surface area (Å²) in [7, 11) is 1.43. The number of carboxylic acids is 1. The van der Waals surface area contributed by atoms with Crippen LogP contribution in [-0.2, 0) is 34.0 Å². The summed E-state index contributed by atoms with van der Waals surface area (Å²) in [6, 6.07) is 25.9. The normalized spacial score (nSPS) is 23.8. The lowest BCUT2D eigenvalue weighted by Crippen LogP contribution is -2.53. The van der Waals surface area contributed by atoms with Gasteiger partial charge in [0.25, 0.3) is 0 Å². The highest BCUT2D eigenvalue weighted by Crippen LogP contribution is 2.66. The van der Waals surface area contributed by atoms with Crippen molar-refractivity contribution >= 4 is 29.6 Å². The number of hydrogen-bond acceptors (Lipinski definition) is 11. The highest BCUT2D eigenvalue weighted by atomic mass is 16.6. The molecule has 0 aromatic heterocycles. The van der Waals surface area contributed by atoms with Gasteiger partial charge in [-0.3, -0.25) is 19.3 Å². The lowest BCUT2D eigenvalue weighted by Gasteiger charge is -2.46. The Morgan fingerprint density at radius 2 is 1.54 bits per heavy atom. The van der Waals surface area contributed by atoms with Crippen LogP contribution in [-0.4, -0.2) is 90.3 Å². The molecule has 1 spiro atoms. The fraction of sp³-hybridized carbons (Fsp3) is 0.302. The van der Waals surface area contributed by atoms with Crippen molar-refractivity contribution in [2.24, 2.45) is 5.92 Å². The van der Waals surface area contributed by atoms with Gasteiger partial charge in [0.2, 0.25) is 5.91 Å². The molecule has 2 saturated heterocycles. The van der Waals surface area contributed by atoms with Gasteiger partial charge < -0.3 is 34.3 Å². The molecule has 288 valence electrons. The van der Waals surface area contributed by atoms with Crippen LogP contribution >= 0.6 is 0 Å². The molecular formula is C43H40N2O11. The summed E-state index contributed by atoms with van der Waals surface area (Å²) >= 11 is 0. The molecule has 4 aromatic carbocycles. The molecule has 2 amide bonds. The number of anilines is 1. The highest BCUT2D eigenvalue weighted by Gasteiger charge is 2.76. The number of amides is 2. The Kier molecular flexibility index (Phi) is 11.2. The fourth-order valence-electron chi connectivity index (χ4n) is 8.41. The van der Waals surface area contributed by atoms with Crippen molar-refractivity contribution in [3.63, 3.8) is 0 Å². The Morgan fingerprint density at radius 3 is 2.21 bits per heavy atom. The number of aliphatic hydroxyl groups is 2. The summed E-state index contributed by atoms with van der Waals surface area (Å²) in [6.45, 7) is -0.847. The quantitative estimate of drug-likeness (QED) is 0.113. The minimum absolute atomic E-state index is 0.0302. The number of rotatable bonds is 11. The van der Waals surface area contributed by atoms with E-state index < -0.39 is 59.5 Å². The number of methoxy groups -OCH3 is 1. The number of aliphatic hydroxyl groups excluding tert-OH is 2. The Hall–Kier alpha value is -6.04. The van der Waals surface area contributed by atoms with Gasteiger partial charge >= 0.3 is 18.0 Å². The molecule has 13 heteroatoms. The molecule has 7 rings (SSSR count). The Labute approximate surface area is 323 Å². The van der Waals surface area contributed by atoms with Crippen LogP contribution in [0.15, 0.2) is 103 Å². The molecule has 3 aliphatic rings. The maximum absolute atomic E-state index is 15.7. The molecule has 0 radical (unpaired) electrons. The standard InChI is InChI=1S/C43H40N2O11/c1-53-24-25-55-42(52)44-32-20-19-27(12-10-11-21-46)26-31(32)43(41(44)51)34(39(48)49)36-40(50)56-37(29-15-6-3-7-16-29)35(28-13-4-2-5-14-28)45(36)38(43)30-17-8-9-18-33(30)54-23-22-47/h2-9,13-20,26,34-38,46-47H,11,21-25H2,1H3,(H,48,49)/t34-,35-,36-,37+,38+,43-/m0/s1. The van der Waals surface area contributed by atoms with Gasteiger partial charge in [-0.25, -0.2) is 9.69 Å². The third kappa shape index (κ3) is 6.46. The minimum atomic E-state index is -2.21. The number of nitrogens with zero attached hydrogens (tertiary/aromatic N) is 2. The molecule has 3 N–H and O–H groups in total. The van der Waals surface area contributed by atoms with E-state index in [0.29, 0.717) is 22.3 Å². The van der Waals surface area contributed by atoms with E-state index in [0.717, 1.165) is 4.90 Å². The second-order valence-corrected chi connectivity index (χ2v) is 13.5. The van der Waals surface area contributed by atoms with Crippen molar-refractivity contribution in [1.82, 2.24) is 4.90 Å². The third-order valence-electron chi connectivity index (χ3n) is 10.5. The van der Waals surface area contributed by atoms with Crippen molar-refractivity contribution in [2.75, 3.05) is 45.0 Å². The average Bonchev–Trinajstić information content (AvgIpc) is 3.67. The Morgan fingerprint density at radius 1 is 0.839 bits per heavy atom. The first kappa shape index (κ1) is 38.2. The minimum Gasteiger partial charge on any atom is -0.491 e. The molecule has 0 unspecified atom stereocenters. The van der Waals surface area contributed by atoms with Crippen molar-refractivity contribution in [3.8, 4) is 17.6 Å². The van der Waals surface area contributed by atoms with E-state index in [1.807, 2.05) is 60.7 Å². The summed E-state index contributed by atoms with van der Waals surface area (Å²) in [5, 5.41) is 30.7. The van der Waals surface area contributed by atoms with E-state index in [2.05, 4.69) is 11.8 Å². The topological polar surface area (TPSA) is 172 Å². The van der Waals surface area contributed by atoms with Crippen LogP contribution in [0.4, 0.5) is 10.5 Å². The molecule has 6 atom stereocenters. The van der Waals surface area contributed by atoms with Crippen molar-refractivity contribution in [1.29, 1.82) is 0 Å². The average molecular weight is 761 g/mol. The largest absolute Gasteiger partial charge is 0.491 e. The monoisotopic (exact) mass is 760 g/mol. The number of para-hydroxylation sites is 1. The van der Waals surface area contributed by atoms with Gasteiger partial charge in [-0.15, -0.1) is 0 Å². The molecule has 3 heterocycles. The van der Waals surface area contributed by atoms with E-state index in [4.69, 9.17) is 18.9 Å². The summed E-state index contributed by atoms with van der Waals surface area (Å²) in [5.74, 6) is 0.952. The van der Waals surface area contributed by atoms with E-state index >= 15 is 4.79 Å². The first-order valence-electron chi connectivity index (χ1n) is 18.2. The lowest BCUT2D eigenvalue weighted by molar-refractivity contribution is -0.179. The van der Waals surface area contributed by atoms with E-state index in [1.54, 1.807) is 41.3 Å². The first-order chi connectivity index (χ1) is 27.3. The van der Waals surface area contributed by atoms with E-state index in [9.17, 15) is 29.7 Å². The van der Waals surface area contributed by atoms with Gasteiger partial charge in [0, 0.05) is 24.7 Å². The number of fused-ring (bicyclic) bond motifs is 3. The number of carbonyl (C=O) groups excluding carboxylic acids is 3. The van der Waals surface area contributed by atoms with Crippen LogP contribution in [0, 0.1) is 17.8 Å². The number of esters is 1. The number of benzene rings is 4. The molecule has 0 bridgehead atoms. The second kappa shape index (κ2) is 16.4. The number of imide groups is 1. The molecule has 2 fully saturated rings. The van der Waals surface area contributed by atoms with Crippen molar-refractivity contribution in [3.05, 3.63) is 131 Å². The molecule has 56 heavy (non-hydrogen) atoms. The Bertz CT molecular complexity index is 2170. The van der Waals surface area contributed by atoms with Crippen LogP contribution in [0.5, 0.6) is 5.75 Å². The maximum Gasteiger partial charge on any atom is 0.421 e. The van der Waals surface area contributed by atoms with Crippen molar-refractivity contribution < 1.29 is 53.4 Å². The number of hydrogen-bond donors (Lipinski definition) is 3. The van der Waals surface area contributed by atoms with Gasteiger partial charge in [-0.05, 0) is 41.0 Å². The first-order valence-corrected chi connectivity index (χ1v) is 18.2. The lowest BCUT2D eigenvalue weighted by atomic mass is 9.65. The summed E-state index contributed by atoms with van der Waals surface area (Å²) in [6.07, 6.45) is -1.89. The van der Waals surface area contributed by atoms with Crippen LogP contribution in [0.2, 0.25) is 0 Å². The molecule has 0 saturated carbocycles. The van der Waals surface area contributed by atoms with Gasteiger partial charge in [0.05, 0.1) is 37.6 Å². The van der Waals surface area contributed by atoms with Crippen LogP contribution in [0.1, 0.15) is 52.4 Å². The van der Waals surface area contributed by atoms with Crippen LogP contribution < -0.4 is 9.64 Å². The highest BCUT2D eigenvalue weighted by molar-refractivity contribution is 6.23. The van der Waals surface area contributed by atoms with Gasteiger partial charge in [0.1, 0.15) is 42.4 Å². The molecule has 4 aromatic rings. The molecule has 0 aliphatic carbocycles. The molecule has 3 aliphatic heterocycles. The molecule has 13 nitrogen and oxygen atoms in total. The summed E-state index contributed by atoms with van der Waals surface area (Å²) < 4.78 is 23.0. The predicted octanol–water partition coefficient (Wildman–Crippen LogP) is 4.32. The number of carboxylic acid groups (broad SMARTS) is 1. The number of morpholine rings is 1. The Balaban J connectivity index is 1.58. The zero-order valence-corrected chi connectivity index (χ0v) is 30.4. The summed E-state index contributed by atoms with van der Waals surface area (Å²) in [4.78, 5) is 61.1. The zero-order chi connectivity index (χ0) is 39.4. The fourth-order valence-corrected chi connectivity index (χ4v) is 8.41. The third-order valence-corrected chi connectivity index (χ3v) is 10.5. The van der Waals surface area contributed by atoms with Crippen LogP contribution in [0.25, 0.3) is 0 Å². The molecular weight excluding hydrogens is 720 g/mol. The smallest absolute Gasteiger partial charge is 0.421 e. The van der Waals surface area contributed by atoms with E-state index in [1.165, 1.54) is 13.2 Å². The SMILES string of the molecule is COCCOC(=O)N1C(=O)[C@@]2(c3cc(C#CCCO)ccc31)[C@H](C(=O)O)[C@H]1C(=O)O[C@H](c3ccccc3)[C@H](c3ccccc3)N1[C@@H]2c1ccccc1OCCO. The van der Waals surface area contributed by atoms with Crippen molar-refractivity contribution in [2.45, 2.75) is 36.1 Å². The number of aliphatic carboxylic acids is 1. The maximum atomic E-state index is 15.7. The second-order valence-electron chi connectivity index (χ2n) is 13.5.